The highest BCUT2D eigenvalue weighted by atomic mass is 15.1. The van der Waals surface area contributed by atoms with Crippen LogP contribution in [0.25, 0.3) is 0 Å². The fourth-order valence-electron chi connectivity index (χ4n) is 1.95. The van der Waals surface area contributed by atoms with Gasteiger partial charge in [0.15, 0.2) is 5.66 Å². The Morgan fingerprint density at radius 1 is 1.17 bits per heavy atom. The van der Waals surface area contributed by atoms with Crippen molar-refractivity contribution in [1.82, 2.24) is 15.0 Å². The molecule has 0 spiro atoms. The van der Waals surface area contributed by atoms with Gasteiger partial charge in [0.1, 0.15) is 5.82 Å². The number of nitrogen functional groups attached to an aromatic ring is 2. The molecule has 1 aromatic rings. The number of aromatic nitrogens is 3. The van der Waals surface area contributed by atoms with Gasteiger partial charge < -0.3 is 11.5 Å². The zero-order valence-corrected chi connectivity index (χ0v) is 10.6. The van der Waals surface area contributed by atoms with Gasteiger partial charge in [-0.1, -0.05) is 6.92 Å². The van der Waals surface area contributed by atoms with Crippen molar-refractivity contribution in [2.75, 3.05) is 11.5 Å². The summed E-state index contributed by atoms with van der Waals surface area (Å²) < 4.78 is 0. The summed E-state index contributed by atoms with van der Waals surface area (Å²) in [5, 5.41) is 0. The molecule has 7 nitrogen and oxygen atoms in total. The minimum absolute atomic E-state index is 0.151. The Kier molecular flexibility index (Phi) is 3.22. The summed E-state index contributed by atoms with van der Waals surface area (Å²) in [6, 6.07) is 0. The Morgan fingerprint density at radius 2 is 1.83 bits per heavy atom. The third-order valence-electron chi connectivity index (χ3n) is 2.91. The molecule has 0 aliphatic carbocycles. The third kappa shape index (κ3) is 2.61. The minimum Gasteiger partial charge on any atom is -0.368 e. The van der Waals surface area contributed by atoms with Crippen molar-refractivity contribution in [3.63, 3.8) is 0 Å². The van der Waals surface area contributed by atoms with Crippen LogP contribution in [-0.4, -0.2) is 32.5 Å². The van der Waals surface area contributed by atoms with Crippen molar-refractivity contribution < 1.29 is 0 Å². The zero-order valence-electron chi connectivity index (χ0n) is 10.6. The first-order valence-electron chi connectivity index (χ1n) is 5.90. The van der Waals surface area contributed by atoms with Crippen molar-refractivity contribution in [3.8, 4) is 0 Å². The van der Waals surface area contributed by atoms with E-state index in [4.69, 9.17) is 11.5 Å². The number of rotatable bonds is 4. The quantitative estimate of drug-likeness (QED) is 0.809. The number of nitrogens with two attached hydrogens (primary N) is 2. The average molecular weight is 247 g/mol. The van der Waals surface area contributed by atoms with Gasteiger partial charge in [0.25, 0.3) is 0 Å². The van der Waals surface area contributed by atoms with Gasteiger partial charge in [-0.15, -0.1) is 0 Å². The van der Waals surface area contributed by atoms with Crippen molar-refractivity contribution in [2.45, 2.75) is 38.8 Å². The topological polar surface area (TPSA) is 115 Å². The normalized spacial score (nSPS) is 22.2. The maximum atomic E-state index is 5.53. The molecule has 4 N–H and O–H groups in total. The molecule has 2 rings (SSSR count). The average Bonchev–Trinajstić information content (AvgIpc) is 2.68. The molecule has 0 bridgehead atoms. The smallest absolute Gasteiger partial charge is 0.225 e. The molecule has 0 aromatic carbocycles. The number of aryl methyl sites for hydroxylation is 1. The summed E-state index contributed by atoms with van der Waals surface area (Å²) in [6.45, 7) is 4.01. The Morgan fingerprint density at radius 3 is 2.33 bits per heavy atom. The summed E-state index contributed by atoms with van der Waals surface area (Å²) in [5.74, 6) is 0.887. The molecule has 1 aromatic heterocycles. The molecule has 7 heteroatoms. The van der Waals surface area contributed by atoms with Crippen LogP contribution < -0.4 is 11.5 Å². The van der Waals surface area contributed by atoms with Crippen LogP contribution in [0.4, 0.5) is 11.9 Å². The van der Waals surface area contributed by atoms with Gasteiger partial charge in [0, 0.05) is 12.6 Å². The lowest BCUT2D eigenvalue weighted by atomic mass is 10.0. The lowest BCUT2D eigenvalue weighted by Gasteiger charge is -2.20. The molecule has 18 heavy (non-hydrogen) atoms. The molecule has 0 radical (unpaired) electrons. The fraction of sp³-hybridized carbons (Fsp3) is 0.545. The second-order valence-corrected chi connectivity index (χ2v) is 4.32. The number of anilines is 2. The van der Waals surface area contributed by atoms with E-state index < -0.39 is 0 Å². The Labute approximate surface area is 105 Å². The molecule has 1 aliphatic rings. The van der Waals surface area contributed by atoms with E-state index in [2.05, 4.69) is 31.9 Å². The van der Waals surface area contributed by atoms with Crippen LogP contribution in [0.1, 0.15) is 32.5 Å². The maximum Gasteiger partial charge on any atom is 0.225 e. The molecule has 0 fully saturated rings. The van der Waals surface area contributed by atoms with E-state index in [-0.39, 0.29) is 17.6 Å². The van der Waals surface area contributed by atoms with E-state index >= 15 is 0 Å². The molecule has 0 amide bonds. The van der Waals surface area contributed by atoms with Crippen LogP contribution in [0.15, 0.2) is 9.98 Å². The van der Waals surface area contributed by atoms with Crippen molar-refractivity contribution in [2.24, 2.45) is 9.98 Å². The minimum atomic E-state index is -0.375. The van der Waals surface area contributed by atoms with Crippen LogP contribution in [0.2, 0.25) is 0 Å². The monoisotopic (exact) mass is 247 g/mol. The van der Waals surface area contributed by atoms with Gasteiger partial charge >= 0.3 is 0 Å². The second-order valence-electron chi connectivity index (χ2n) is 4.32. The van der Waals surface area contributed by atoms with Crippen molar-refractivity contribution in [3.05, 3.63) is 5.82 Å². The van der Waals surface area contributed by atoms with Crippen LogP contribution in [-0.2, 0) is 6.42 Å². The highest BCUT2D eigenvalue weighted by Gasteiger charge is 2.29. The molecule has 0 saturated heterocycles. The van der Waals surface area contributed by atoms with E-state index in [0.717, 1.165) is 18.6 Å². The molecule has 1 aliphatic heterocycles. The lowest BCUT2D eigenvalue weighted by Crippen LogP contribution is -2.22. The molecule has 1 atom stereocenters. The third-order valence-corrected chi connectivity index (χ3v) is 2.91. The summed E-state index contributed by atoms with van der Waals surface area (Å²) in [6.07, 6.45) is 4.01. The molecular weight excluding hydrogens is 230 g/mol. The highest BCUT2D eigenvalue weighted by molar-refractivity contribution is 6.30. The summed E-state index contributed by atoms with van der Waals surface area (Å²) in [4.78, 5) is 20.9. The van der Waals surface area contributed by atoms with Gasteiger partial charge in [-0.25, -0.2) is 0 Å². The standard InChI is InChI=1S/C11H17N7/c1-3-11(14-6-7(2)18-11)5-4-8-15-9(12)17-10(13)16-8/h6H,3-5H2,1-2H3,(H4,12,13,15,16,17). The number of hydrogen-bond donors (Lipinski definition) is 2. The first-order valence-corrected chi connectivity index (χ1v) is 5.90. The van der Waals surface area contributed by atoms with Gasteiger partial charge in [-0.3, -0.25) is 9.98 Å². The predicted molar refractivity (Wildman–Crippen MR) is 71.6 cm³/mol. The summed E-state index contributed by atoms with van der Waals surface area (Å²) in [7, 11) is 0. The van der Waals surface area contributed by atoms with E-state index in [1.54, 1.807) is 6.21 Å². The Balaban J connectivity index is 2.09. The first-order chi connectivity index (χ1) is 8.53. The summed E-state index contributed by atoms with van der Waals surface area (Å²) in [5.41, 5.74) is 11.6. The largest absolute Gasteiger partial charge is 0.368 e. The van der Waals surface area contributed by atoms with Gasteiger partial charge in [-0.05, 0) is 19.8 Å². The summed E-state index contributed by atoms with van der Waals surface area (Å²) >= 11 is 0. The second kappa shape index (κ2) is 4.67. The molecular formula is C11H17N7. The number of aliphatic imine (C=N–C) groups is 2. The zero-order chi connectivity index (χ0) is 13.2. The van der Waals surface area contributed by atoms with Crippen LogP contribution >= 0.6 is 0 Å². The maximum absolute atomic E-state index is 5.53. The van der Waals surface area contributed by atoms with E-state index in [9.17, 15) is 0 Å². The highest BCUT2D eigenvalue weighted by Crippen LogP contribution is 2.27. The predicted octanol–water partition coefficient (Wildman–Crippen LogP) is 0.620. The molecule has 0 saturated carbocycles. The van der Waals surface area contributed by atoms with Gasteiger partial charge in [0.2, 0.25) is 11.9 Å². The van der Waals surface area contributed by atoms with E-state index in [1.165, 1.54) is 0 Å². The van der Waals surface area contributed by atoms with Crippen molar-refractivity contribution in [1.29, 1.82) is 0 Å². The van der Waals surface area contributed by atoms with E-state index in [0.29, 0.717) is 12.2 Å². The fourth-order valence-corrected chi connectivity index (χ4v) is 1.95. The van der Waals surface area contributed by atoms with Crippen LogP contribution in [0, 0.1) is 0 Å². The van der Waals surface area contributed by atoms with Gasteiger partial charge in [-0.2, -0.15) is 15.0 Å². The molecule has 96 valence electrons. The first kappa shape index (κ1) is 12.4. The molecule has 1 unspecified atom stereocenters. The Hall–Kier alpha value is -2.05. The van der Waals surface area contributed by atoms with Crippen LogP contribution in [0.3, 0.4) is 0 Å². The van der Waals surface area contributed by atoms with Crippen LogP contribution in [0.5, 0.6) is 0 Å². The van der Waals surface area contributed by atoms with E-state index in [1.807, 2.05) is 6.92 Å². The molecule has 2 heterocycles. The number of nitrogens with zero attached hydrogens (tertiary/aromatic N) is 5. The Bertz CT molecular complexity index is 488. The van der Waals surface area contributed by atoms with Gasteiger partial charge in [0.05, 0.1) is 5.71 Å². The van der Waals surface area contributed by atoms with Crippen molar-refractivity contribution >= 4 is 23.8 Å². The lowest BCUT2D eigenvalue weighted by molar-refractivity contribution is 0.406. The SMILES string of the molecule is CCC1(CCc2nc(N)nc(N)n2)N=CC(C)=N1. The number of hydrogen-bond acceptors (Lipinski definition) is 7.